The number of nitrogens with one attached hydrogen (secondary N) is 1. The number of aliphatic hydroxyl groups is 2. The van der Waals surface area contributed by atoms with E-state index in [4.69, 9.17) is 21.1 Å². The summed E-state index contributed by atoms with van der Waals surface area (Å²) in [6, 6.07) is 7.22. The van der Waals surface area contributed by atoms with Gasteiger partial charge in [0, 0.05) is 11.4 Å². The van der Waals surface area contributed by atoms with Crippen LogP contribution in [0, 0.1) is 0 Å². The molecule has 6 heteroatoms. The number of aliphatic hydroxyl groups excluding tert-OH is 1. The molecule has 0 amide bonds. The van der Waals surface area contributed by atoms with Crippen molar-refractivity contribution >= 4 is 22.9 Å². The molecule has 2 atom stereocenters. The minimum Gasteiger partial charge on any atom is -0.467 e. The molecule has 0 aliphatic heterocycles. The second-order valence-corrected chi connectivity index (χ2v) is 6.37. The molecule has 0 saturated heterocycles. The third kappa shape index (κ3) is 3.81. The first kappa shape index (κ1) is 14.6. The molecule has 104 valence electrons. The maximum absolute atomic E-state index is 9.86. The molecule has 2 aromatic rings. The Hall–Kier alpha value is -0.850. The van der Waals surface area contributed by atoms with Gasteiger partial charge in [-0.2, -0.15) is 0 Å². The van der Waals surface area contributed by atoms with Crippen molar-refractivity contribution in [3.05, 3.63) is 45.5 Å². The van der Waals surface area contributed by atoms with Crippen molar-refractivity contribution in [1.82, 2.24) is 5.32 Å². The second kappa shape index (κ2) is 6.07. The lowest BCUT2D eigenvalue weighted by atomic mass is 10.1. The quantitative estimate of drug-likeness (QED) is 0.766. The normalized spacial score (nSPS) is 16.2. The number of halogens is 1. The predicted octanol–water partition coefficient (Wildman–Crippen LogP) is 2.42. The molecule has 0 aliphatic carbocycles. The number of hydrogen-bond acceptors (Lipinski definition) is 5. The van der Waals surface area contributed by atoms with Gasteiger partial charge in [-0.25, -0.2) is 0 Å². The van der Waals surface area contributed by atoms with Crippen molar-refractivity contribution in [2.45, 2.75) is 18.6 Å². The van der Waals surface area contributed by atoms with Gasteiger partial charge in [0.2, 0.25) is 0 Å². The summed E-state index contributed by atoms with van der Waals surface area (Å²) in [5.74, 6) is 0.743. The Morgan fingerprint density at radius 1 is 1.47 bits per heavy atom. The molecule has 0 saturated carbocycles. The Kier molecular flexibility index (Phi) is 4.65. The summed E-state index contributed by atoms with van der Waals surface area (Å²) < 4.78 is 6.11. The highest BCUT2D eigenvalue weighted by Crippen LogP contribution is 2.31. The SMILES string of the molecule is CC(O)(CO)CNC(c1ccco1)c1ccc(Cl)s1. The third-order valence-corrected chi connectivity index (χ3v) is 4.03. The minimum absolute atomic E-state index is 0.189. The van der Waals surface area contributed by atoms with Crippen LogP contribution in [0.1, 0.15) is 23.6 Å². The predicted molar refractivity (Wildman–Crippen MR) is 75.6 cm³/mol. The van der Waals surface area contributed by atoms with Crippen molar-refractivity contribution in [2.75, 3.05) is 13.2 Å². The molecule has 4 nitrogen and oxygen atoms in total. The van der Waals surface area contributed by atoms with Gasteiger partial charge in [0.05, 0.1) is 22.8 Å². The van der Waals surface area contributed by atoms with Crippen LogP contribution in [0.25, 0.3) is 0 Å². The van der Waals surface area contributed by atoms with Gasteiger partial charge in [0.1, 0.15) is 11.8 Å². The fourth-order valence-electron chi connectivity index (χ4n) is 1.66. The highest BCUT2D eigenvalue weighted by molar-refractivity contribution is 7.16. The monoisotopic (exact) mass is 301 g/mol. The van der Waals surface area contributed by atoms with E-state index in [0.29, 0.717) is 4.34 Å². The summed E-state index contributed by atoms with van der Waals surface area (Å²) in [6.45, 7) is 1.50. The van der Waals surface area contributed by atoms with E-state index in [0.717, 1.165) is 10.6 Å². The second-order valence-electron chi connectivity index (χ2n) is 4.63. The van der Waals surface area contributed by atoms with Crippen LogP contribution in [0.4, 0.5) is 0 Å². The molecule has 2 aromatic heterocycles. The minimum atomic E-state index is -1.17. The average molecular weight is 302 g/mol. The summed E-state index contributed by atoms with van der Waals surface area (Å²) in [5, 5.41) is 22.1. The Balaban J connectivity index is 2.16. The lowest BCUT2D eigenvalue weighted by Gasteiger charge is -2.24. The van der Waals surface area contributed by atoms with Crippen LogP contribution in [0.2, 0.25) is 4.34 Å². The largest absolute Gasteiger partial charge is 0.467 e. The Morgan fingerprint density at radius 2 is 2.26 bits per heavy atom. The summed E-state index contributed by atoms with van der Waals surface area (Å²) in [5.41, 5.74) is -1.17. The van der Waals surface area contributed by atoms with Gasteiger partial charge in [-0.3, -0.25) is 0 Å². The molecule has 0 spiro atoms. The van der Waals surface area contributed by atoms with E-state index in [1.54, 1.807) is 13.2 Å². The summed E-state index contributed by atoms with van der Waals surface area (Å²) in [7, 11) is 0. The zero-order valence-electron chi connectivity index (χ0n) is 10.5. The number of hydrogen-bond donors (Lipinski definition) is 3. The molecular weight excluding hydrogens is 286 g/mol. The van der Waals surface area contributed by atoms with E-state index in [-0.39, 0.29) is 19.2 Å². The van der Waals surface area contributed by atoms with Crippen LogP contribution in [0.5, 0.6) is 0 Å². The smallest absolute Gasteiger partial charge is 0.126 e. The Labute approximate surface area is 120 Å². The van der Waals surface area contributed by atoms with Crippen molar-refractivity contribution in [3.63, 3.8) is 0 Å². The first-order valence-corrected chi connectivity index (χ1v) is 7.06. The van der Waals surface area contributed by atoms with Gasteiger partial charge in [-0.15, -0.1) is 11.3 Å². The molecule has 2 unspecified atom stereocenters. The molecule has 3 N–H and O–H groups in total. The number of thiophene rings is 1. The summed E-state index contributed by atoms with van der Waals surface area (Å²) >= 11 is 7.41. The number of furan rings is 1. The van der Waals surface area contributed by atoms with Gasteiger partial charge in [0.25, 0.3) is 0 Å². The highest BCUT2D eigenvalue weighted by Gasteiger charge is 2.24. The van der Waals surface area contributed by atoms with Crippen molar-refractivity contribution in [2.24, 2.45) is 0 Å². The topological polar surface area (TPSA) is 65.6 Å². The lowest BCUT2D eigenvalue weighted by Crippen LogP contribution is -2.42. The zero-order chi connectivity index (χ0) is 13.9. The first-order chi connectivity index (χ1) is 9.02. The van der Waals surface area contributed by atoms with Crippen molar-refractivity contribution in [3.8, 4) is 0 Å². The molecule has 0 bridgehead atoms. The van der Waals surface area contributed by atoms with Crippen LogP contribution >= 0.6 is 22.9 Å². The zero-order valence-corrected chi connectivity index (χ0v) is 12.0. The molecule has 0 fully saturated rings. The molecular formula is C13H16ClNO3S. The highest BCUT2D eigenvalue weighted by atomic mass is 35.5. The molecule has 2 rings (SSSR count). The van der Waals surface area contributed by atoms with E-state index in [2.05, 4.69) is 5.32 Å². The fraction of sp³-hybridized carbons (Fsp3) is 0.385. The van der Waals surface area contributed by atoms with E-state index >= 15 is 0 Å². The van der Waals surface area contributed by atoms with Crippen LogP contribution in [-0.2, 0) is 0 Å². The van der Waals surface area contributed by atoms with Gasteiger partial charge in [0.15, 0.2) is 0 Å². The van der Waals surface area contributed by atoms with Crippen LogP contribution in [-0.4, -0.2) is 29.0 Å². The van der Waals surface area contributed by atoms with Gasteiger partial charge in [-0.05, 0) is 31.2 Å². The maximum Gasteiger partial charge on any atom is 0.126 e. The lowest BCUT2D eigenvalue weighted by molar-refractivity contribution is 0.00119. The number of rotatable bonds is 6. The van der Waals surface area contributed by atoms with E-state index in [1.807, 2.05) is 24.3 Å². The van der Waals surface area contributed by atoms with Crippen molar-refractivity contribution in [1.29, 1.82) is 0 Å². The van der Waals surface area contributed by atoms with Crippen molar-refractivity contribution < 1.29 is 14.6 Å². The van der Waals surface area contributed by atoms with Crippen LogP contribution in [0.3, 0.4) is 0 Å². The van der Waals surface area contributed by atoms with Gasteiger partial charge in [-0.1, -0.05) is 11.6 Å². The molecule has 0 radical (unpaired) electrons. The molecule has 0 aromatic carbocycles. The van der Waals surface area contributed by atoms with Gasteiger partial charge >= 0.3 is 0 Å². The van der Waals surface area contributed by atoms with Crippen LogP contribution in [0.15, 0.2) is 34.9 Å². The molecule has 19 heavy (non-hydrogen) atoms. The van der Waals surface area contributed by atoms with E-state index in [9.17, 15) is 5.11 Å². The summed E-state index contributed by atoms with van der Waals surface area (Å²) in [4.78, 5) is 0.994. The summed E-state index contributed by atoms with van der Waals surface area (Å²) in [6.07, 6.45) is 1.60. The van der Waals surface area contributed by atoms with Crippen LogP contribution < -0.4 is 5.32 Å². The van der Waals surface area contributed by atoms with E-state index < -0.39 is 5.60 Å². The standard InChI is InChI=1S/C13H16ClNO3S/c1-13(17,8-16)7-15-12(9-3-2-6-18-9)10-4-5-11(14)19-10/h2-6,12,15-17H,7-8H2,1H3. The molecule has 0 aliphatic rings. The first-order valence-electron chi connectivity index (χ1n) is 5.87. The fourth-order valence-corrected chi connectivity index (χ4v) is 2.80. The maximum atomic E-state index is 9.86. The average Bonchev–Trinajstić information content (AvgIpc) is 3.02. The third-order valence-electron chi connectivity index (χ3n) is 2.73. The Bertz CT molecular complexity index is 510. The van der Waals surface area contributed by atoms with E-state index in [1.165, 1.54) is 11.3 Å². The van der Waals surface area contributed by atoms with Gasteiger partial charge < -0.3 is 19.9 Å². The molecule has 2 heterocycles. The Morgan fingerprint density at radius 3 is 2.79 bits per heavy atom.